The van der Waals surface area contributed by atoms with Crippen molar-refractivity contribution < 1.29 is 23.9 Å². The number of amides is 3. The lowest BCUT2D eigenvalue weighted by atomic mass is 10.1. The summed E-state index contributed by atoms with van der Waals surface area (Å²) in [5.74, 6) is -0.508. The molecule has 1 aliphatic heterocycles. The summed E-state index contributed by atoms with van der Waals surface area (Å²) in [4.78, 5) is 39.9. The lowest BCUT2D eigenvalue weighted by Gasteiger charge is -2.24. The molecule has 0 aliphatic carbocycles. The van der Waals surface area contributed by atoms with Gasteiger partial charge in [-0.1, -0.05) is 17.7 Å². The molecule has 0 spiro atoms. The Balaban J connectivity index is 1.80. The Morgan fingerprint density at radius 1 is 1.12 bits per heavy atom. The molecule has 1 saturated heterocycles. The average Bonchev–Trinajstić information content (AvgIpc) is 3.01. The van der Waals surface area contributed by atoms with E-state index >= 15 is 0 Å². The van der Waals surface area contributed by atoms with E-state index in [-0.39, 0.29) is 23.0 Å². The third-order valence-corrected chi connectivity index (χ3v) is 5.59. The second-order valence-corrected chi connectivity index (χ2v) is 7.86. The molecule has 0 radical (unpaired) electrons. The molecule has 1 aliphatic rings. The van der Waals surface area contributed by atoms with E-state index in [0.29, 0.717) is 28.8 Å². The maximum Gasteiger partial charge on any atom is 0.270 e. The van der Waals surface area contributed by atoms with E-state index in [1.807, 2.05) is 0 Å². The highest BCUT2D eigenvalue weighted by Crippen LogP contribution is 2.24. The lowest BCUT2D eigenvalue weighted by Crippen LogP contribution is -2.49. The van der Waals surface area contributed by atoms with Gasteiger partial charge >= 0.3 is 0 Å². The maximum atomic E-state index is 13.0. The molecule has 11 heteroatoms. The number of hydrogen-bond acceptors (Lipinski definition) is 6. The molecule has 0 saturated carbocycles. The average molecular weight is 491 g/mol. The second-order valence-electron chi connectivity index (χ2n) is 7.06. The summed E-state index contributed by atoms with van der Waals surface area (Å²) in [6, 6.07) is 10.3. The highest BCUT2D eigenvalue weighted by molar-refractivity contribution is 7.80. The first-order valence-electron chi connectivity index (χ1n) is 10.0. The van der Waals surface area contributed by atoms with Crippen LogP contribution >= 0.6 is 23.8 Å². The Morgan fingerprint density at radius 2 is 1.79 bits per heavy atom. The van der Waals surface area contributed by atoms with Crippen LogP contribution < -0.4 is 20.2 Å². The summed E-state index contributed by atoms with van der Waals surface area (Å²) in [5, 5.41) is 4.51. The fourth-order valence-electron chi connectivity index (χ4n) is 3.31. The van der Waals surface area contributed by atoms with Crippen LogP contribution in [0.3, 0.4) is 0 Å². The van der Waals surface area contributed by atoms with Gasteiger partial charge in [0.05, 0.1) is 20.6 Å². The number of nitrogens with one attached hydrogen (secondary N) is 2. The van der Waals surface area contributed by atoms with Gasteiger partial charge in [0.2, 0.25) is 5.91 Å². The number of ether oxygens (including phenoxy) is 2. The topological polar surface area (TPSA) is 100 Å². The third kappa shape index (κ3) is 5.52. The Bertz CT molecular complexity index is 1070. The predicted octanol–water partition coefficient (Wildman–Crippen LogP) is 2.85. The first-order chi connectivity index (χ1) is 15.8. The minimum absolute atomic E-state index is 0.103. The summed E-state index contributed by atoms with van der Waals surface area (Å²) in [5.41, 5.74) is 3.38. The molecule has 0 aromatic heterocycles. The normalized spacial score (nSPS) is 15.5. The summed E-state index contributed by atoms with van der Waals surface area (Å²) >= 11 is 11.4. The number of rotatable bonds is 8. The number of benzene rings is 2. The number of likely N-dealkylation sites (N-methyl/N-ethyl adjacent to an activating group) is 1. The monoisotopic (exact) mass is 490 g/mol. The predicted molar refractivity (Wildman–Crippen MR) is 127 cm³/mol. The van der Waals surface area contributed by atoms with Crippen LogP contribution in [0, 0.1) is 0 Å². The molecular weight excluding hydrogens is 468 g/mol. The molecule has 33 heavy (non-hydrogen) atoms. The van der Waals surface area contributed by atoms with E-state index in [2.05, 4.69) is 10.7 Å². The highest BCUT2D eigenvalue weighted by Gasteiger charge is 2.44. The van der Waals surface area contributed by atoms with Crippen molar-refractivity contribution in [2.75, 3.05) is 26.1 Å². The Morgan fingerprint density at radius 3 is 2.36 bits per heavy atom. The van der Waals surface area contributed by atoms with Gasteiger partial charge < -0.3 is 14.8 Å². The van der Waals surface area contributed by atoms with Gasteiger partial charge in [-0.2, -0.15) is 0 Å². The van der Waals surface area contributed by atoms with E-state index in [9.17, 15) is 14.4 Å². The molecule has 0 bridgehead atoms. The van der Waals surface area contributed by atoms with Gasteiger partial charge in [-0.3, -0.25) is 24.7 Å². The van der Waals surface area contributed by atoms with Crippen molar-refractivity contribution in [3.05, 3.63) is 53.1 Å². The number of methoxy groups -OCH3 is 2. The molecule has 1 atom stereocenters. The zero-order valence-electron chi connectivity index (χ0n) is 18.3. The van der Waals surface area contributed by atoms with Gasteiger partial charge in [-0.25, -0.2) is 5.01 Å². The molecule has 2 aromatic carbocycles. The fourth-order valence-corrected chi connectivity index (χ4v) is 3.89. The zero-order valence-corrected chi connectivity index (χ0v) is 19.8. The molecule has 3 rings (SSSR count). The van der Waals surface area contributed by atoms with Crippen molar-refractivity contribution in [3.8, 4) is 11.5 Å². The summed E-state index contributed by atoms with van der Waals surface area (Å²) in [6.07, 6.45) is -0.232. The van der Waals surface area contributed by atoms with E-state index in [1.165, 1.54) is 36.3 Å². The van der Waals surface area contributed by atoms with Gasteiger partial charge in [0, 0.05) is 28.9 Å². The summed E-state index contributed by atoms with van der Waals surface area (Å²) < 4.78 is 10.4. The lowest BCUT2D eigenvalue weighted by molar-refractivity contribution is -0.130. The largest absolute Gasteiger partial charge is 0.497 e. The van der Waals surface area contributed by atoms with Gasteiger partial charge in [0.15, 0.2) is 5.11 Å². The van der Waals surface area contributed by atoms with Crippen molar-refractivity contribution in [1.82, 2.24) is 15.3 Å². The number of hydrogen-bond donors (Lipinski definition) is 2. The quantitative estimate of drug-likeness (QED) is 0.549. The van der Waals surface area contributed by atoms with Crippen molar-refractivity contribution in [1.29, 1.82) is 0 Å². The molecule has 1 unspecified atom stereocenters. The van der Waals surface area contributed by atoms with Crippen LogP contribution in [0.15, 0.2) is 42.5 Å². The molecule has 2 aromatic rings. The summed E-state index contributed by atoms with van der Waals surface area (Å²) in [6.45, 7) is 2.05. The van der Waals surface area contributed by atoms with E-state index in [4.69, 9.17) is 33.3 Å². The number of anilines is 1. The first kappa shape index (κ1) is 24.3. The molecule has 3 amide bonds. The third-order valence-electron chi connectivity index (χ3n) is 4.94. The standard InChI is InChI=1S/C22H23ClN4O5S/c1-4-26-21(30)18(12-19(28)24-15-7-5-6-14(23)10-15)27(22(26)33)25-20(29)13-8-16(31-2)11-17(9-13)32-3/h5-11,18H,4,12H2,1-3H3,(H,24,28)(H,25,29). The number of nitrogens with zero attached hydrogens (tertiary/aromatic N) is 2. The molecule has 174 valence electrons. The number of carbonyl (C=O) groups is 3. The molecule has 1 heterocycles. The van der Waals surface area contributed by atoms with E-state index < -0.39 is 17.9 Å². The van der Waals surface area contributed by atoms with Gasteiger partial charge in [0.1, 0.15) is 17.5 Å². The minimum atomic E-state index is -1.01. The van der Waals surface area contributed by atoms with Crippen LogP contribution in [0.4, 0.5) is 5.69 Å². The Kier molecular flexibility index (Phi) is 7.72. The van der Waals surface area contributed by atoms with Crippen LogP contribution in [-0.2, 0) is 9.59 Å². The van der Waals surface area contributed by atoms with Crippen molar-refractivity contribution >= 4 is 52.3 Å². The van der Waals surface area contributed by atoms with Crippen molar-refractivity contribution in [2.45, 2.75) is 19.4 Å². The first-order valence-corrected chi connectivity index (χ1v) is 10.8. The van der Waals surface area contributed by atoms with Crippen LogP contribution in [0.5, 0.6) is 11.5 Å². The van der Waals surface area contributed by atoms with Crippen LogP contribution in [0.2, 0.25) is 5.02 Å². The van der Waals surface area contributed by atoms with Crippen molar-refractivity contribution in [2.24, 2.45) is 0 Å². The van der Waals surface area contributed by atoms with E-state index in [1.54, 1.807) is 37.3 Å². The minimum Gasteiger partial charge on any atom is -0.497 e. The summed E-state index contributed by atoms with van der Waals surface area (Å²) in [7, 11) is 2.94. The Labute approximate surface area is 201 Å². The number of hydrazine groups is 1. The van der Waals surface area contributed by atoms with Gasteiger partial charge in [0.25, 0.3) is 11.8 Å². The van der Waals surface area contributed by atoms with Crippen LogP contribution in [0.25, 0.3) is 0 Å². The number of carbonyl (C=O) groups excluding carboxylic acids is 3. The Hall–Kier alpha value is -3.37. The van der Waals surface area contributed by atoms with Gasteiger partial charge in [-0.05, 0) is 49.5 Å². The zero-order chi connectivity index (χ0) is 24.1. The fraction of sp³-hybridized carbons (Fsp3) is 0.273. The SMILES string of the molecule is CCN1C(=O)C(CC(=O)Nc2cccc(Cl)c2)N(NC(=O)c2cc(OC)cc(OC)c2)C1=S. The van der Waals surface area contributed by atoms with Gasteiger partial charge in [-0.15, -0.1) is 0 Å². The molecular formula is C22H23ClN4O5S. The van der Waals surface area contributed by atoms with Crippen LogP contribution in [0.1, 0.15) is 23.7 Å². The van der Waals surface area contributed by atoms with Crippen molar-refractivity contribution in [3.63, 3.8) is 0 Å². The van der Waals surface area contributed by atoms with E-state index in [0.717, 1.165) is 0 Å². The molecule has 1 fully saturated rings. The second kappa shape index (κ2) is 10.5. The number of thiocarbonyl (C=S) groups is 1. The number of halogens is 1. The maximum absolute atomic E-state index is 13.0. The highest BCUT2D eigenvalue weighted by atomic mass is 35.5. The molecule has 2 N–H and O–H groups in total. The van der Waals surface area contributed by atoms with Crippen LogP contribution in [-0.4, -0.2) is 59.5 Å². The smallest absolute Gasteiger partial charge is 0.270 e. The molecule has 9 nitrogen and oxygen atoms in total.